The molecule has 3 aliphatic heterocycles. The van der Waals surface area contributed by atoms with E-state index < -0.39 is 0 Å². The summed E-state index contributed by atoms with van der Waals surface area (Å²) in [5, 5.41) is 3.03. The molecule has 0 radical (unpaired) electrons. The minimum absolute atomic E-state index is 0.0501. The van der Waals surface area contributed by atoms with Crippen molar-refractivity contribution in [2.24, 2.45) is 0 Å². The van der Waals surface area contributed by atoms with Crippen molar-refractivity contribution in [3.05, 3.63) is 53.7 Å². The van der Waals surface area contributed by atoms with E-state index in [2.05, 4.69) is 39.5 Å². The maximum absolute atomic E-state index is 12.9. The first-order chi connectivity index (χ1) is 14.7. The van der Waals surface area contributed by atoms with E-state index in [9.17, 15) is 4.79 Å². The maximum Gasteiger partial charge on any atom is 0.321 e. The minimum atomic E-state index is -0.233. The van der Waals surface area contributed by atoms with Crippen LogP contribution in [0.1, 0.15) is 49.7 Å². The molecule has 5 rings (SSSR count). The van der Waals surface area contributed by atoms with Gasteiger partial charge in [-0.2, -0.15) is 0 Å². The van der Waals surface area contributed by atoms with Crippen LogP contribution in [0.25, 0.3) is 0 Å². The predicted octanol–water partition coefficient (Wildman–Crippen LogP) is 4.52. The number of carbonyl (C=O) groups excluding carboxylic acids is 1. The molecule has 3 aliphatic rings. The van der Waals surface area contributed by atoms with Gasteiger partial charge in [-0.25, -0.2) is 9.78 Å². The van der Waals surface area contributed by atoms with Crippen LogP contribution in [0.2, 0.25) is 0 Å². The van der Waals surface area contributed by atoms with Crippen molar-refractivity contribution in [2.75, 3.05) is 36.4 Å². The van der Waals surface area contributed by atoms with Crippen LogP contribution in [0, 0.1) is 0 Å². The summed E-state index contributed by atoms with van der Waals surface area (Å²) >= 11 is 0. The first-order valence-corrected chi connectivity index (χ1v) is 11.2. The molecule has 4 heterocycles. The maximum atomic E-state index is 12.9. The second-order valence-electron chi connectivity index (χ2n) is 8.66. The fourth-order valence-electron chi connectivity index (χ4n) is 5.08. The molecular formula is C24H30N4O2. The number of anilines is 2. The van der Waals surface area contributed by atoms with Crippen molar-refractivity contribution < 1.29 is 9.53 Å². The van der Waals surface area contributed by atoms with E-state index in [0.717, 1.165) is 50.4 Å². The third-order valence-electron chi connectivity index (χ3n) is 6.77. The topological polar surface area (TPSA) is 57.7 Å². The number of ether oxygens (including phenoxy) is 1. The Bertz CT molecular complexity index is 894. The Morgan fingerprint density at radius 2 is 1.83 bits per heavy atom. The number of nitrogens with zero attached hydrogens (tertiary/aromatic N) is 3. The second kappa shape index (κ2) is 8.26. The number of aromatic nitrogens is 1. The molecule has 1 spiro atoms. The molecule has 2 saturated heterocycles. The first kappa shape index (κ1) is 19.4. The van der Waals surface area contributed by atoms with Gasteiger partial charge < -0.3 is 19.9 Å². The van der Waals surface area contributed by atoms with Gasteiger partial charge in [0.2, 0.25) is 0 Å². The van der Waals surface area contributed by atoms with Crippen molar-refractivity contribution in [1.29, 1.82) is 0 Å². The van der Waals surface area contributed by atoms with Gasteiger partial charge >= 0.3 is 6.03 Å². The molecule has 6 nitrogen and oxygen atoms in total. The third-order valence-corrected chi connectivity index (χ3v) is 6.77. The van der Waals surface area contributed by atoms with Crippen molar-refractivity contribution in [3.63, 3.8) is 0 Å². The summed E-state index contributed by atoms with van der Waals surface area (Å²) in [4.78, 5) is 21.7. The zero-order valence-electron chi connectivity index (χ0n) is 17.5. The molecule has 2 fully saturated rings. The number of pyridine rings is 1. The molecule has 1 unspecified atom stereocenters. The lowest BCUT2D eigenvalue weighted by atomic mass is 9.86. The number of benzene rings is 1. The molecule has 30 heavy (non-hydrogen) atoms. The van der Waals surface area contributed by atoms with Crippen LogP contribution in [0.4, 0.5) is 16.3 Å². The normalized spacial score (nSPS) is 23.9. The van der Waals surface area contributed by atoms with Crippen LogP contribution in [-0.2, 0) is 16.9 Å². The second-order valence-corrected chi connectivity index (χ2v) is 8.66. The number of likely N-dealkylation sites (tertiary alicyclic amines) is 1. The van der Waals surface area contributed by atoms with E-state index in [0.29, 0.717) is 13.2 Å². The van der Waals surface area contributed by atoms with E-state index in [1.807, 2.05) is 17.0 Å². The molecule has 0 saturated carbocycles. The SMILES string of the molecule is O=C(Nc1ccc(N2CCCCC2)nc1)N1CCCC2(CC1)OCc1ccccc12. The Labute approximate surface area is 178 Å². The number of hydrogen-bond donors (Lipinski definition) is 1. The van der Waals surface area contributed by atoms with Crippen LogP contribution < -0.4 is 10.2 Å². The van der Waals surface area contributed by atoms with Crippen molar-refractivity contribution in [3.8, 4) is 0 Å². The van der Waals surface area contributed by atoms with Gasteiger partial charge in [0.25, 0.3) is 0 Å². The van der Waals surface area contributed by atoms with E-state index in [-0.39, 0.29) is 11.6 Å². The highest BCUT2D eigenvalue weighted by Gasteiger charge is 2.41. The van der Waals surface area contributed by atoms with Gasteiger partial charge in [-0.3, -0.25) is 0 Å². The molecule has 1 aromatic carbocycles. The lowest BCUT2D eigenvalue weighted by molar-refractivity contribution is -0.0479. The van der Waals surface area contributed by atoms with Gasteiger partial charge in [-0.15, -0.1) is 0 Å². The summed E-state index contributed by atoms with van der Waals surface area (Å²) in [5.74, 6) is 1.00. The molecule has 0 aliphatic carbocycles. The summed E-state index contributed by atoms with van der Waals surface area (Å²) in [5.41, 5.74) is 3.12. The summed E-state index contributed by atoms with van der Waals surface area (Å²) in [7, 11) is 0. The molecule has 2 aromatic rings. The average molecular weight is 407 g/mol. The Morgan fingerprint density at radius 1 is 0.967 bits per heavy atom. The van der Waals surface area contributed by atoms with E-state index >= 15 is 0 Å². The third kappa shape index (κ3) is 3.76. The first-order valence-electron chi connectivity index (χ1n) is 11.2. The molecule has 2 amide bonds. The zero-order chi connectivity index (χ0) is 20.4. The Morgan fingerprint density at radius 3 is 2.67 bits per heavy atom. The Kier molecular flexibility index (Phi) is 5.34. The van der Waals surface area contributed by atoms with Gasteiger partial charge in [-0.1, -0.05) is 24.3 Å². The highest BCUT2D eigenvalue weighted by molar-refractivity contribution is 5.89. The van der Waals surface area contributed by atoms with Crippen LogP contribution in [0.15, 0.2) is 42.6 Å². The summed E-state index contributed by atoms with van der Waals surface area (Å²) in [6.45, 7) is 4.26. The van der Waals surface area contributed by atoms with Gasteiger partial charge in [-0.05, 0) is 61.8 Å². The highest BCUT2D eigenvalue weighted by Crippen LogP contribution is 2.44. The van der Waals surface area contributed by atoms with Gasteiger partial charge in [0, 0.05) is 26.2 Å². The number of carbonyl (C=O) groups is 1. The number of fused-ring (bicyclic) bond motifs is 2. The van der Waals surface area contributed by atoms with Gasteiger partial charge in [0.15, 0.2) is 0 Å². The molecule has 1 N–H and O–H groups in total. The van der Waals surface area contributed by atoms with E-state index in [4.69, 9.17) is 4.74 Å². The fraction of sp³-hybridized carbons (Fsp3) is 0.500. The van der Waals surface area contributed by atoms with Crippen molar-refractivity contribution in [1.82, 2.24) is 9.88 Å². The molecule has 158 valence electrons. The van der Waals surface area contributed by atoms with Gasteiger partial charge in [0.05, 0.1) is 24.1 Å². The standard InChI is InChI=1S/C24H30N4O2/c29-23(26-20-9-10-22(25-17-20)27-13-4-1-5-14-27)28-15-6-11-24(12-16-28)21-8-3-2-7-19(21)18-30-24/h2-3,7-10,17H,1,4-6,11-16,18H2,(H,26,29). The molecule has 1 atom stereocenters. The number of hydrogen-bond acceptors (Lipinski definition) is 4. The number of piperidine rings is 1. The largest absolute Gasteiger partial charge is 0.366 e. The number of amides is 2. The van der Waals surface area contributed by atoms with E-state index in [1.165, 1.54) is 30.4 Å². The van der Waals surface area contributed by atoms with Gasteiger partial charge in [0.1, 0.15) is 5.82 Å². The van der Waals surface area contributed by atoms with Crippen LogP contribution in [-0.4, -0.2) is 42.1 Å². The monoisotopic (exact) mass is 406 g/mol. The molecule has 0 bridgehead atoms. The smallest absolute Gasteiger partial charge is 0.321 e. The summed E-state index contributed by atoms with van der Waals surface area (Å²) in [6, 6.07) is 12.4. The highest BCUT2D eigenvalue weighted by atomic mass is 16.5. The molecular weight excluding hydrogens is 376 g/mol. The number of urea groups is 1. The summed E-state index contributed by atoms with van der Waals surface area (Å²) < 4.78 is 6.28. The summed E-state index contributed by atoms with van der Waals surface area (Å²) in [6.07, 6.45) is 8.27. The molecule has 6 heteroatoms. The van der Waals surface area contributed by atoms with Crippen molar-refractivity contribution >= 4 is 17.5 Å². The van der Waals surface area contributed by atoms with Crippen LogP contribution >= 0.6 is 0 Å². The predicted molar refractivity (Wildman–Crippen MR) is 118 cm³/mol. The lowest BCUT2D eigenvalue weighted by Gasteiger charge is -2.28. The van der Waals surface area contributed by atoms with Crippen molar-refractivity contribution in [2.45, 2.75) is 50.7 Å². The van der Waals surface area contributed by atoms with E-state index in [1.54, 1.807) is 6.20 Å². The Hall–Kier alpha value is -2.60. The fourth-order valence-corrected chi connectivity index (χ4v) is 5.08. The van der Waals surface area contributed by atoms with Crippen LogP contribution in [0.5, 0.6) is 0 Å². The zero-order valence-corrected chi connectivity index (χ0v) is 17.5. The molecule has 1 aromatic heterocycles. The quantitative estimate of drug-likeness (QED) is 0.797. The van der Waals surface area contributed by atoms with Crippen LogP contribution in [0.3, 0.4) is 0 Å². The lowest BCUT2D eigenvalue weighted by Crippen LogP contribution is -2.36. The minimum Gasteiger partial charge on any atom is -0.366 e. The number of rotatable bonds is 2. The Balaban J connectivity index is 1.21. The number of nitrogens with one attached hydrogen (secondary N) is 1. The average Bonchev–Trinajstić information content (AvgIpc) is 3.00.